The van der Waals surface area contributed by atoms with E-state index in [-0.39, 0.29) is 16.1 Å². The molecular weight excluding hydrogens is 367 g/mol. The van der Waals surface area contributed by atoms with Crippen molar-refractivity contribution in [2.45, 2.75) is 11.8 Å². The van der Waals surface area contributed by atoms with Crippen molar-refractivity contribution in [1.29, 1.82) is 0 Å². The number of halogens is 1. The fourth-order valence-corrected chi connectivity index (χ4v) is 3.59. The van der Waals surface area contributed by atoms with Crippen molar-refractivity contribution in [2.24, 2.45) is 0 Å². The Morgan fingerprint density at radius 1 is 0.926 bits per heavy atom. The zero-order valence-corrected chi connectivity index (χ0v) is 15.3. The average Bonchev–Trinajstić information content (AvgIpc) is 2.62. The predicted molar refractivity (Wildman–Crippen MR) is 103 cm³/mol. The normalized spacial score (nSPS) is 11.0. The lowest BCUT2D eigenvalue weighted by Gasteiger charge is -2.13. The van der Waals surface area contributed by atoms with Gasteiger partial charge in [-0.15, -0.1) is 0 Å². The van der Waals surface area contributed by atoms with Gasteiger partial charge in [-0.05, 0) is 61.0 Å². The van der Waals surface area contributed by atoms with Gasteiger partial charge in [0.2, 0.25) is 0 Å². The molecule has 3 aromatic carbocycles. The molecule has 0 bridgehead atoms. The molecule has 7 heteroatoms. The molecule has 0 aliphatic rings. The Bertz CT molecular complexity index is 1080. The summed E-state index contributed by atoms with van der Waals surface area (Å²) in [5, 5.41) is 2.75. The summed E-state index contributed by atoms with van der Waals surface area (Å²) in [5.41, 5.74) is 1.89. The van der Waals surface area contributed by atoms with E-state index in [2.05, 4.69) is 10.0 Å². The van der Waals surface area contributed by atoms with Crippen molar-refractivity contribution in [2.75, 3.05) is 10.0 Å². The van der Waals surface area contributed by atoms with E-state index in [1.807, 2.05) is 25.1 Å². The molecule has 3 aromatic rings. The largest absolute Gasteiger partial charge is 0.322 e. The summed E-state index contributed by atoms with van der Waals surface area (Å²) in [7, 11) is -3.96. The maximum absolute atomic E-state index is 13.0. The fourth-order valence-electron chi connectivity index (χ4n) is 2.51. The lowest BCUT2D eigenvalue weighted by Crippen LogP contribution is -2.18. The molecule has 138 valence electrons. The third-order valence-electron chi connectivity index (χ3n) is 3.82. The van der Waals surface area contributed by atoms with Crippen LogP contribution in [0.5, 0.6) is 0 Å². The topological polar surface area (TPSA) is 75.3 Å². The molecular formula is C20H17FN2O3S. The zero-order valence-electron chi connectivity index (χ0n) is 14.4. The Labute approximate surface area is 156 Å². The van der Waals surface area contributed by atoms with Crippen LogP contribution in [0.25, 0.3) is 0 Å². The van der Waals surface area contributed by atoms with E-state index in [9.17, 15) is 17.6 Å². The van der Waals surface area contributed by atoms with E-state index in [1.165, 1.54) is 12.1 Å². The number of carbonyl (C=O) groups excluding carboxylic acids is 1. The summed E-state index contributed by atoms with van der Waals surface area (Å²) in [6.07, 6.45) is 0. The van der Waals surface area contributed by atoms with Crippen LogP contribution in [0, 0.1) is 12.7 Å². The molecule has 0 heterocycles. The number of amides is 1. The average molecular weight is 384 g/mol. The van der Waals surface area contributed by atoms with Crippen LogP contribution >= 0.6 is 0 Å². The van der Waals surface area contributed by atoms with Crippen molar-refractivity contribution in [3.63, 3.8) is 0 Å². The quantitative estimate of drug-likeness (QED) is 0.693. The van der Waals surface area contributed by atoms with Gasteiger partial charge in [-0.25, -0.2) is 12.8 Å². The van der Waals surface area contributed by atoms with E-state index in [0.717, 1.165) is 29.8 Å². The summed E-state index contributed by atoms with van der Waals surface area (Å²) in [6, 6.07) is 18.0. The van der Waals surface area contributed by atoms with Crippen LogP contribution in [0.4, 0.5) is 15.8 Å². The highest BCUT2D eigenvalue weighted by Crippen LogP contribution is 2.22. The van der Waals surface area contributed by atoms with Gasteiger partial charge in [-0.2, -0.15) is 0 Å². The molecule has 0 aliphatic carbocycles. The van der Waals surface area contributed by atoms with Crippen LogP contribution in [0.15, 0.2) is 77.7 Å². The molecule has 0 fully saturated rings. The minimum atomic E-state index is -3.96. The van der Waals surface area contributed by atoms with E-state index in [0.29, 0.717) is 5.69 Å². The molecule has 0 unspecified atom stereocenters. The Balaban J connectivity index is 1.87. The second-order valence-electron chi connectivity index (χ2n) is 5.93. The van der Waals surface area contributed by atoms with E-state index in [1.54, 1.807) is 18.2 Å². The van der Waals surface area contributed by atoms with Crippen molar-refractivity contribution < 1.29 is 17.6 Å². The third-order valence-corrected chi connectivity index (χ3v) is 5.20. The SMILES string of the molecule is Cc1cccc(NC(=O)c2ccccc2NS(=O)(=O)c2ccc(F)cc2)c1. The van der Waals surface area contributed by atoms with Gasteiger partial charge in [0.15, 0.2) is 0 Å². The van der Waals surface area contributed by atoms with Gasteiger partial charge in [0.25, 0.3) is 15.9 Å². The summed E-state index contributed by atoms with van der Waals surface area (Å²) in [4.78, 5) is 12.5. The molecule has 5 nitrogen and oxygen atoms in total. The van der Waals surface area contributed by atoms with Crippen molar-refractivity contribution in [3.05, 3.63) is 89.7 Å². The molecule has 0 atom stereocenters. The number of aryl methyl sites for hydroxylation is 1. The van der Waals surface area contributed by atoms with E-state index in [4.69, 9.17) is 0 Å². The van der Waals surface area contributed by atoms with Gasteiger partial charge in [-0.1, -0.05) is 24.3 Å². The minimum absolute atomic E-state index is 0.0993. The highest BCUT2D eigenvalue weighted by molar-refractivity contribution is 7.92. The number of para-hydroxylation sites is 1. The van der Waals surface area contributed by atoms with Crippen LogP contribution in [0.2, 0.25) is 0 Å². The summed E-state index contributed by atoms with van der Waals surface area (Å²) < 4.78 is 40.5. The molecule has 1 amide bonds. The van der Waals surface area contributed by atoms with Crippen molar-refractivity contribution in [1.82, 2.24) is 0 Å². The molecule has 0 saturated carbocycles. The smallest absolute Gasteiger partial charge is 0.261 e. The van der Waals surface area contributed by atoms with Gasteiger partial charge < -0.3 is 5.32 Å². The highest BCUT2D eigenvalue weighted by Gasteiger charge is 2.18. The number of nitrogens with one attached hydrogen (secondary N) is 2. The van der Waals surface area contributed by atoms with Gasteiger partial charge >= 0.3 is 0 Å². The molecule has 2 N–H and O–H groups in total. The number of anilines is 2. The summed E-state index contributed by atoms with van der Waals surface area (Å²) >= 11 is 0. The van der Waals surface area contributed by atoms with Crippen LogP contribution < -0.4 is 10.0 Å². The fraction of sp³-hybridized carbons (Fsp3) is 0.0500. The molecule has 27 heavy (non-hydrogen) atoms. The van der Waals surface area contributed by atoms with Gasteiger partial charge in [0.1, 0.15) is 5.82 Å². The number of benzene rings is 3. The van der Waals surface area contributed by atoms with Gasteiger partial charge in [-0.3, -0.25) is 9.52 Å². The van der Waals surface area contributed by atoms with E-state index < -0.39 is 21.7 Å². The van der Waals surface area contributed by atoms with Gasteiger partial charge in [0, 0.05) is 5.69 Å². The molecule has 0 radical (unpaired) electrons. The number of hydrogen-bond donors (Lipinski definition) is 2. The number of rotatable bonds is 5. The molecule has 0 aromatic heterocycles. The predicted octanol–water partition coefficient (Wildman–Crippen LogP) is 4.19. The lowest BCUT2D eigenvalue weighted by atomic mass is 10.1. The lowest BCUT2D eigenvalue weighted by molar-refractivity contribution is 0.102. The Hall–Kier alpha value is -3.19. The Kier molecular flexibility index (Phi) is 5.23. The number of hydrogen-bond acceptors (Lipinski definition) is 3. The monoisotopic (exact) mass is 384 g/mol. The summed E-state index contributed by atoms with van der Waals surface area (Å²) in [6.45, 7) is 1.90. The Morgan fingerprint density at radius 3 is 2.33 bits per heavy atom. The number of carbonyl (C=O) groups is 1. The first kappa shape index (κ1) is 18.6. The maximum atomic E-state index is 13.0. The molecule has 3 rings (SSSR count). The van der Waals surface area contributed by atoms with Crippen LogP contribution in [-0.4, -0.2) is 14.3 Å². The first-order valence-electron chi connectivity index (χ1n) is 8.10. The zero-order chi connectivity index (χ0) is 19.4. The third kappa shape index (κ3) is 4.51. The minimum Gasteiger partial charge on any atom is -0.322 e. The van der Waals surface area contributed by atoms with Crippen LogP contribution in [0.1, 0.15) is 15.9 Å². The van der Waals surface area contributed by atoms with E-state index >= 15 is 0 Å². The highest BCUT2D eigenvalue weighted by atomic mass is 32.2. The number of sulfonamides is 1. The van der Waals surface area contributed by atoms with Crippen LogP contribution in [-0.2, 0) is 10.0 Å². The second kappa shape index (κ2) is 7.59. The Morgan fingerprint density at radius 2 is 1.63 bits per heavy atom. The first-order valence-corrected chi connectivity index (χ1v) is 9.59. The standard InChI is InChI=1S/C20H17FN2O3S/c1-14-5-4-6-16(13-14)22-20(24)18-7-2-3-8-19(18)23-27(25,26)17-11-9-15(21)10-12-17/h2-13,23H,1H3,(H,22,24). The molecule has 0 spiro atoms. The second-order valence-corrected chi connectivity index (χ2v) is 7.61. The summed E-state index contributed by atoms with van der Waals surface area (Å²) in [5.74, 6) is -0.982. The van der Waals surface area contributed by atoms with Crippen molar-refractivity contribution >= 4 is 27.3 Å². The molecule has 0 saturated heterocycles. The first-order chi connectivity index (χ1) is 12.8. The molecule has 0 aliphatic heterocycles. The van der Waals surface area contributed by atoms with Gasteiger partial charge in [0.05, 0.1) is 16.1 Å². The van der Waals surface area contributed by atoms with Crippen LogP contribution in [0.3, 0.4) is 0 Å². The maximum Gasteiger partial charge on any atom is 0.261 e. The van der Waals surface area contributed by atoms with Crippen molar-refractivity contribution in [3.8, 4) is 0 Å².